The van der Waals surface area contributed by atoms with Gasteiger partial charge in [0.25, 0.3) is 0 Å². The molecule has 0 saturated carbocycles. The number of hydrogen-bond donors (Lipinski definition) is 2. The zero-order chi connectivity index (χ0) is 10.1. The summed E-state index contributed by atoms with van der Waals surface area (Å²) < 4.78 is 5.73. The lowest BCUT2D eigenvalue weighted by Crippen LogP contribution is -2.51. The Kier molecular flexibility index (Phi) is 3.00. The monoisotopic (exact) mass is 188 g/mol. The summed E-state index contributed by atoms with van der Waals surface area (Å²) in [5.74, 6) is 0.489. The summed E-state index contributed by atoms with van der Waals surface area (Å²) in [6, 6.07) is 0. The lowest BCUT2D eigenvalue weighted by Gasteiger charge is -2.46. The molecule has 0 aliphatic carbocycles. The molecule has 0 spiro atoms. The van der Waals surface area contributed by atoms with Crippen molar-refractivity contribution in [2.45, 2.75) is 44.8 Å². The number of aliphatic hydroxyl groups is 2. The quantitative estimate of drug-likeness (QED) is 0.678. The Morgan fingerprint density at radius 2 is 1.54 bits per heavy atom. The summed E-state index contributed by atoms with van der Waals surface area (Å²) in [7, 11) is 0. The van der Waals surface area contributed by atoms with E-state index in [0.29, 0.717) is 5.92 Å². The Bertz CT molecular complexity index is 165. The Balaban J connectivity index is 2.73. The van der Waals surface area contributed by atoms with Crippen molar-refractivity contribution in [1.82, 2.24) is 0 Å². The fraction of sp³-hybridized carbons (Fsp3) is 1.00. The van der Waals surface area contributed by atoms with Crippen LogP contribution in [0.15, 0.2) is 0 Å². The summed E-state index contributed by atoms with van der Waals surface area (Å²) in [6.07, 6.45) is 1.72. The summed E-state index contributed by atoms with van der Waals surface area (Å²) in [5, 5.41) is 18.4. The fourth-order valence-corrected chi connectivity index (χ4v) is 2.42. The van der Waals surface area contributed by atoms with Gasteiger partial charge in [0.2, 0.25) is 0 Å². The van der Waals surface area contributed by atoms with Crippen molar-refractivity contribution in [3.05, 3.63) is 0 Å². The van der Waals surface area contributed by atoms with Crippen molar-refractivity contribution >= 4 is 0 Å². The van der Waals surface area contributed by atoms with E-state index in [9.17, 15) is 10.2 Å². The van der Waals surface area contributed by atoms with Crippen molar-refractivity contribution in [3.8, 4) is 0 Å². The molecule has 1 aliphatic heterocycles. The third-order valence-electron chi connectivity index (χ3n) is 2.72. The third kappa shape index (κ3) is 2.42. The number of ether oxygens (including phenoxy) is 1. The molecule has 1 heterocycles. The Labute approximate surface area is 79.7 Å². The Morgan fingerprint density at radius 1 is 1.15 bits per heavy atom. The highest BCUT2D eigenvalue weighted by Gasteiger charge is 2.42. The summed E-state index contributed by atoms with van der Waals surface area (Å²) >= 11 is 0. The smallest absolute Gasteiger partial charge is 0.0895 e. The van der Waals surface area contributed by atoms with Gasteiger partial charge < -0.3 is 14.9 Å². The molecule has 1 rings (SSSR count). The van der Waals surface area contributed by atoms with Crippen molar-refractivity contribution < 1.29 is 14.9 Å². The maximum Gasteiger partial charge on any atom is 0.0895 e. The van der Waals surface area contributed by atoms with Crippen LogP contribution in [0.25, 0.3) is 0 Å². The molecule has 78 valence electrons. The molecule has 0 aromatic carbocycles. The highest BCUT2D eigenvalue weighted by atomic mass is 16.5. The van der Waals surface area contributed by atoms with Gasteiger partial charge in [0, 0.05) is 0 Å². The molecule has 3 nitrogen and oxygen atoms in total. The van der Waals surface area contributed by atoms with E-state index in [2.05, 4.69) is 6.92 Å². The van der Waals surface area contributed by atoms with Gasteiger partial charge in [-0.1, -0.05) is 6.92 Å². The Morgan fingerprint density at radius 3 is 1.85 bits per heavy atom. The second-order valence-electron chi connectivity index (χ2n) is 4.83. The molecular weight excluding hydrogens is 168 g/mol. The minimum Gasteiger partial charge on any atom is -0.393 e. The SMILES string of the molecule is C[C@@H]1C[C@](C)(CO)O[C@](C)(CO)C1. The summed E-state index contributed by atoms with van der Waals surface area (Å²) in [5.41, 5.74) is -0.954. The molecule has 0 radical (unpaired) electrons. The minimum absolute atomic E-state index is 0.0208. The highest BCUT2D eigenvalue weighted by Crippen LogP contribution is 2.38. The van der Waals surface area contributed by atoms with Crippen LogP contribution in [0.2, 0.25) is 0 Å². The minimum atomic E-state index is -0.477. The second-order valence-corrected chi connectivity index (χ2v) is 4.83. The molecule has 0 unspecified atom stereocenters. The van der Waals surface area contributed by atoms with Gasteiger partial charge in [0.05, 0.1) is 24.4 Å². The third-order valence-corrected chi connectivity index (χ3v) is 2.72. The first-order valence-electron chi connectivity index (χ1n) is 4.85. The van der Waals surface area contributed by atoms with E-state index in [4.69, 9.17) is 4.74 Å². The lowest BCUT2D eigenvalue weighted by atomic mass is 9.81. The van der Waals surface area contributed by atoms with Crippen molar-refractivity contribution in [2.75, 3.05) is 13.2 Å². The van der Waals surface area contributed by atoms with Gasteiger partial charge in [0.1, 0.15) is 0 Å². The van der Waals surface area contributed by atoms with Crippen molar-refractivity contribution in [1.29, 1.82) is 0 Å². The molecule has 13 heavy (non-hydrogen) atoms. The van der Waals surface area contributed by atoms with Crippen LogP contribution in [0.1, 0.15) is 33.6 Å². The summed E-state index contributed by atoms with van der Waals surface area (Å²) in [6.45, 7) is 5.97. The van der Waals surface area contributed by atoms with Gasteiger partial charge >= 0.3 is 0 Å². The first-order valence-corrected chi connectivity index (χ1v) is 4.85. The molecule has 3 heteroatoms. The normalized spacial score (nSPS) is 46.4. The van der Waals surface area contributed by atoms with Crippen molar-refractivity contribution in [2.24, 2.45) is 5.92 Å². The highest BCUT2D eigenvalue weighted by molar-refractivity contribution is 4.91. The van der Waals surface area contributed by atoms with Crippen LogP contribution in [0.4, 0.5) is 0 Å². The number of aliphatic hydroxyl groups excluding tert-OH is 2. The van der Waals surface area contributed by atoms with E-state index < -0.39 is 11.2 Å². The van der Waals surface area contributed by atoms with Crippen LogP contribution in [-0.4, -0.2) is 34.6 Å². The van der Waals surface area contributed by atoms with Crippen LogP contribution in [0, 0.1) is 5.92 Å². The maximum absolute atomic E-state index is 9.19. The number of rotatable bonds is 2. The zero-order valence-electron chi connectivity index (χ0n) is 8.71. The van der Waals surface area contributed by atoms with Crippen LogP contribution in [0.3, 0.4) is 0 Å². The second kappa shape index (κ2) is 3.56. The first kappa shape index (κ1) is 11.0. The van der Waals surface area contributed by atoms with Crippen molar-refractivity contribution in [3.63, 3.8) is 0 Å². The average molecular weight is 188 g/mol. The van der Waals surface area contributed by atoms with Gasteiger partial charge in [-0.05, 0) is 32.6 Å². The summed E-state index contributed by atoms with van der Waals surface area (Å²) in [4.78, 5) is 0. The van der Waals surface area contributed by atoms with E-state index in [1.807, 2.05) is 13.8 Å². The van der Waals surface area contributed by atoms with Crippen LogP contribution >= 0.6 is 0 Å². The van der Waals surface area contributed by atoms with Crippen LogP contribution < -0.4 is 0 Å². The molecule has 2 N–H and O–H groups in total. The molecule has 0 aromatic heterocycles. The molecular formula is C10H20O3. The Hall–Kier alpha value is -0.120. The number of hydrogen-bond acceptors (Lipinski definition) is 3. The largest absolute Gasteiger partial charge is 0.393 e. The lowest BCUT2D eigenvalue weighted by molar-refractivity contribution is -0.214. The molecule has 3 atom stereocenters. The van der Waals surface area contributed by atoms with E-state index in [1.165, 1.54) is 0 Å². The standard InChI is InChI=1S/C10H20O3/c1-8-4-9(2,6-11)13-10(3,5-8)7-12/h8,11-12H,4-7H2,1-3H3/t8-,9-,10+. The molecule has 1 saturated heterocycles. The molecule has 1 fully saturated rings. The molecule has 0 aromatic rings. The van der Waals surface area contributed by atoms with E-state index in [0.717, 1.165) is 12.8 Å². The van der Waals surface area contributed by atoms with Crippen LogP contribution in [0.5, 0.6) is 0 Å². The topological polar surface area (TPSA) is 49.7 Å². The van der Waals surface area contributed by atoms with E-state index in [-0.39, 0.29) is 13.2 Å². The van der Waals surface area contributed by atoms with Gasteiger partial charge in [-0.15, -0.1) is 0 Å². The maximum atomic E-state index is 9.19. The predicted molar refractivity (Wildman–Crippen MR) is 50.5 cm³/mol. The van der Waals surface area contributed by atoms with E-state index >= 15 is 0 Å². The molecule has 0 amide bonds. The van der Waals surface area contributed by atoms with Gasteiger partial charge in [0.15, 0.2) is 0 Å². The van der Waals surface area contributed by atoms with Gasteiger partial charge in [-0.3, -0.25) is 0 Å². The van der Waals surface area contributed by atoms with Crippen LogP contribution in [-0.2, 0) is 4.74 Å². The molecule has 0 bridgehead atoms. The first-order chi connectivity index (χ1) is 5.93. The molecule has 1 aliphatic rings. The predicted octanol–water partition coefficient (Wildman–Crippen LogP) is 0.935. The van der Waals surface area contributed by atoms with Gasteiger partial charge in [-0.25, -0.2) is 0 Å². The van der Waals surface area contributed by atoms with Gasteiger partial charge in [-0.2, -0.15) is 0 Å². The zero-order valence-corrected chi connectivity index (χ0v) is 8.71. The van der Waals surface area contributed by atoms with E-state index in [1.54, 1.807) is 0 Å². The fourth-order valence-electron chi connectivity index (χ4n) is 2.42. The average Bonchev–Trinajstić information content (AvgIpc) is 2.02.